The molecule has 0 fully saturated rings. The number of hydrogen-bond acceptors (Lipinski definition) is 6. The number of amides is 1. The second kappa shape index (κ2) is 21.2. The largest absolute Gasteiger partial charge is 0.460 e. The van der Waals surface area contributed by atoms with Crippen LogP contribution < -0.4 is 5.73 Å². The normalized spacial score (nSPS) is 13.5. The SMILES string of the molecule is CCCCCC(OC(=O)CCCC(=O)OCC[N+](C)(C)C)C(O)C/C=C\CCCCCCCC(N)=O. The molecule has 0 radical (unpaired) electrons. The molecule has 8 heteroatoms. The van der Waals surface area contributed by atoms with Crippen molar-refractivity contribution in [2.24, 2.45) is 5.73 Å². The third-order valence-corrected chi connectivity index (χ3v) is 5.93. The molecule has 1 amide bonds. The maximum Gasteiger partial charge on any atom is 0.306 e. The Labute approximate surface area is 219 Å². The van der Waals surface area contributed by atoms with E-state index in [1.165, 1.54) is 0 Å². The fourth-order valence-corrected chi connectivity index (χ4v) is 3.63. The van der Waals surface area contributed by atoms with Gasteiger partial charge in [0.15, 0.2) is 0 Å². The lowest BCUT2D eigenvalue weighted by atomic mass is 10.0. The minimum absolute atomic E-state index is 0.136. The summed E-state index contributed by atoms with van der Waals surface area (Å²) in [6.45, 7) is 3.21. The Morgan fingerprint density at radius 3 is 2.19 bits per heavy atom. The number of carbonyl (C=O) groups is 3. The predicted molar refractivity (Wildman–Crippen MR) is 143 cm³/mol. The Hall–Kier alpha value is -1.93. The molecule has 0 saturated heterocycles. The maximum absolute atomic E-state index is 12.3. The van der Waals surface area contributed by atoms with Gasteiger partial charge in [-0.05, 0) is 44.9 Å². The zero-order valence-electron chi connectivity index (χ0n) is 23.3. The summed E-state index contributed by atoms with van der Waals surface area (Å²) in [5.74, 6) is -0.914. The van der Waals surface area contributed by atoms with Crippen molar-refractivity contribution >= 4 is 17.8 Å². The first kappa shape index (κ1) is 34.1. The summed E-state index contributed by atoms with van der Waals surface area (Å²) in [4.78, 5) is 34.9. The average Bonchev–Trinajstić information content (AvgIpc) is 2.78. The predicted octanol–water partition coefficient (Wildman–Crippen LogP) is 4.42. The second-order valence-corrected chi connectivity index (χ2v) is 10.7. The molecule has 0 aliphatic rings. The van der Waals surface area contributed by atoms with Gasteiger partial charge in [-0.25, -0.2) is 0 Å². The van der Waals surface area contributed by atoms with E-state index in [-0.39, 0.29) is 30.7 Å². The van der Waals surface area contributed by atoms with Gasteiger partial charge in [-0.1, -0.05) is 51.2 Å². The summed E-state index contributed by atoms with van der Waals surface area (Å²) in [5, 5.41) is 10.6. The van der Waals surface area contributed by atoms with Crippen molar-refractivity contribution in [1.29, 1.82) is 0 Å². The third kappa shape index (κ3) is 22.5. The van der Waals surface area contributed by atoms with Gasteiger partial charge < -0.3 is 24.8 Å². The van der Waals surface area contributed by atoms with E-state index in [2.05, 4.69) is 13.0 Å². The zero-order chi connectivity index (χ0) is 27.2. The first-order chi connectivity index (χ1) is 17.0. The molecular weight excluding hydrogens is 460 g/mol. The van der Waals surface area contributed by atoms with Gasteiger partial charge in [0.2, 0.25) is 5.91 Å². The highest BCUT2D eigenvalue weighted by Gasteiger charge is 2.22. The monoisotopic (exact) mass is 513 g/mol. The number of hydrogen-bond donors (Lipinski definition) is 2. The lowest BCUT2D eigenvalue weighted by molar-refractivity contribution is -0.870. The van der Waals surface area contributed by atoms with Crippen LogP contribution in [0.15, 0.2) is 12.2 Å². The summed E-state index contributed by atoms with van der Waals surface area (Å²) in [6.07, 6.45) is 14.0. The summed E-state index contributed by atoms with van der Waals surface area (Å²) in [5.41, 5.74) is 5.14. The Kier molecular flexibility index (Phi) is 20.0. The number of ether oxygens (including phenoxy) is 2. The zero-order valence-corrected chi connectivity index (χ0v) is 23.3. The fourth-order valence-electron chi connectivity index (χ4n) is 3.63. The second-order valence-electron chi connectivity index (χ2n) is 10.7. The number of quaternary nitrogens is 1. The molecule has 8 nitrogen and oxygen atoms in total. The van der Waals surface area contributed by atoms with E-state index < -0.39 is 12.2 Å². The molecule has 0 aliphatic heterocycles. The molecule has 0 saturated carbocycles. The van der Waals surface area contributed by atoms with E-state index in [9.17, 15) is 19.5 Å². The number of aliphatic hydroxyl groups is 1. The van der Waals surface area contributed by atoms with E-state index in [1.54, 1.807) is 0 Å². The van der Waals surface area contributed by atoms with Gasteiger partial charge in [0.05, 0.1) is 27.2 Å². The highest BCUT2D eigenvalue weighted by atomic mass is 16.6. The molecule has 0 aromatic rings. The molecule has 3 N–H and O–H groups in total. The topological polar surface area (TPSA) is 116 Å². The molecule has 0 heterocycles. The highest BCUT2D eigenvalue weighted by Crippen LogP contribution is 2.16. The number of esters is 2. The van der Waals surface area contributed by atoms with Crippen LogP contribution >= 0.6 is 0 Å². The van der Waals surface area contributed by atoms with Gasteiger partial charge in [-0.15, -0.1) is 0 Å². The standard InChI is InChI=1S/C28H52N2O6/c1-5-6-13-18-25(24(31)17-14-11-9-7-8-10-12-15-19-26(29)32)36-28(34)21-16-20-27(33)35-23-22-30(2,3)4/h11,14,24-25,31H,5-10,12-13,15-23H2,1-4H3,(H-,29,32)/p+1/b14-11-. The van der Waals surface area contributed by atoms with Crippen molar-refractivity contribution in [3.8, 4) is 0 Å². The van der Waals surface area contributed by atoms with E-state index >= 15 is 0 Å². The molecule has 0 aromatic heterocycles. The average molecular weight is 514 g/mol. The number of nitrogens with zero attached hydrogens (tertiary/aromatic N) is 1. The highest BCUT2D eigenvalue weighted by molar-refractivity contribution is 5.73. The summed E-state index contributed by atoms with van der Waals surface area (Å²) < 4.78 is 11.5. The van der Waals surface area contributed by atoms with E-state index in [4.69, 9.17) is 15.2 Å². The molecule has 210 valence electrons. The Bertz CT molecular complexity index is 630. The summed E-state index contributed by atoms with van der Waals surface area (Å²) >= 11 is 0. The number of likely N-dealkylation sites (N-methyl/N-ethyl adjacent to an activating group) is 1. The quantitative estimate of drug-likeness (QED) is 0.0904. The minimum atomic E-state index is -0.739. The van der Waals surface area contributed by atoms with Gasteiger partial charge in [0, 0.05) is 19.3 Å². The third-order valence-electron chi connectivity index (χ3n) is 5.93. The van der Waals surface area contributed by atoms with Crippen molar-refractivity contribution in [2.45, 2.75) is 115 Å². The van der Waals surface area contributed by atoms with Crippen LogP contribution in [0.1, 0.15) is 103 Å². The van der Waals surface area contributed by atoms with Crippen molar-refractivity contribution in [2.75, 3.05) is 34.3 Å². The molecule has 0 spiro atoms. The van der Waals surface area contributed by atoms with Gasteiger partial charge in [-0.2, -0.15) is 0 Å². The molecular formula is C28H53N2O6+. The summed E-state index contributed by atoms with van der Waals surface area (Å²) in [6, 6.07) is 0. The molecule has 2 unspecified atom stereocenters. The molecule has 0 rings (SSSR count). The van der Waals surface area contributed by atoms with Crippen LogP contribution in [0.4, 0.5) is 0 Å². The summed E-state index contributed by atoms with van der Waals surface area (Å²) in [7, 11) is 6.09. The fraction of sp³-hybridized carbons (Fsp3) is 0.821. The van der Waals surface area contributed by atoms with Crippen molar-refractivity contribution in [3.05, 3.63) is 12.2 Å². The van der Waals surface area contributed by atoms with Crippen LogP contribution in [0.5, 0.6) is 0 Å². The van der Waals surface area contributed by atoms with Crippen LogP contribution in [0.3, 0.4) is 0 Å². The molecule has 0 aromatic carbocycles. The number of primary amides is 1. The maximum atomic E-state index is 12.3. The number of unbranched alkanes of at least 4 members (excludes halogenated alkanes) is 7. The van der Waals surface area contributed by atoms with Gasteiger partial charge in [0.1, 0.15) is 19.3 Å². The first-order valence-corrected chi connectivity index (χ1v) is 13.8. The van der Waals surface area contributed by atoms with Crippen molar-refractivity contribution in [3.63, 3.8) is 0 Å². The van der Waals surface area contributed by atoms with E-state index in [0.29, 0.717) is 32.3 Å². The Morgan fingerprint density at radius 2 is 1.53 bits per heavy atom. The van der Waals surface area contributed by atoms with E-state index in [0.717, 1.165) is 68.8 Å². The van der Waals surface area contributed by atoms with Gasteiger partial charge in [-0.3, -0.25) is 14.4 Å². The number of aliphatic hydroxyl groups excluding tert-OH is 1. The molecule has 2 atom stereocenters. The Balaban J connectivity index is 4.26. The van der Waals surface area contributed by atoms with Crippen molar-refractivity contribution in [1.82, 2.24) is 0 Å². The van der Waals surface area contributed by atoms with Gasteiger partial charge in [0.25, 0.3) is 0 Å². The van der Waals surface area contributed by atoms with E-state index in [1.807, 2.05) is 27.2 Å². The molecule has 0 bridgehead atoms. The van der Waals surface area contributed by atoms with Crippen LogP contribution in [0.25, 0.3) is 0 Å². The Morgan fingerprint density at radius 1 is 0.861 bits per heavy atom. The van der Waals surface area contributed by atoms with Gasteiger partial charge >= 0.3 is 11.9 Å². The van der Waals surface area contributed by atoms with Crippen molar-refractivity contribution < 1.29 is 33.4 Å². The number of nitrogens with two attached hydrogens (primary N) is 1. The lowest BCUT2D eigenvalue weighted by Crippen LogP contribution is -2.38. The van der Waals surface area contributed by atoms with Crippen LogP contribution in [0.2, 0.25) is 0 Å². The smallest absolute Gasteiger partial charge is 0.306 e. The molecule has 36 heavy (non-hydrogen) atoms. The van der Waals surface area contributed by atoms with Crippen LogP contribution in [-0.2, 0) is 23.9 Å². The number of carbonyl (C=O) groups excluding carboxylic acids is 3. The molecule has 0 aliphatic carbocycles. The lowest BCUT2D eigenvalue weighted by Gasteiger charge is -2.23. The number of rotatable bonds is 23. The first-order valence-electron chi connectivity index (χ1n) is 13.8. The number of allylic oxidation sites excluding steroid dienone is 1. The van der Waals surface area contributed by atoms with Crippen LogP contribution in [0, 0.1) is 0 Å². The van der Waals surface area contributed by atoms with Crippen LogP contribution in [-0.4, -0.2) is 73.9 Å². The minimum Gasteiger partial charge on any atom is -0.460 e.